The Labute approximate surface area is 147 Å². The molecule has 0 amide bonds. The Bertz CT molecular complexity index is 959. The van der Waals surface area contributed by atoms with Crippen LogP contribution in [-0.2, 0) is 16.6 Å². The predicted molar refractivity (Wildman–Crippen MR) is 96.7 cm³/mol. The second-order valence-corrected chi connectivity index (χ2v) is 8.21. The first kappa shape index (κ1) is 16.3. The lowest BCUT2D eigenvalue weighted by molar-refractivity contribution is 0.171. The van der Waals surface area contributed by atoms with E-state index in [1.165, 1.54) is 0 Å². The topological polar surface area (TPSA) is 53.8 Å². The number of piperazine rings is 1. The van der Waals surface area contributed by atoms with Crippen LogP contribution in [0.2, 0.25) is 0 Å². The Kier molecular flexibility index (Phi) is 4.33. The second kappa shape index (κ2) is 6.63. The molecule has 0 bridgehead atoms. The molecule has 25 heavy (non-hydrogen) atoms. The van der Waals surface area contributed by atoms with Gasteiger partial charge in [-0.25, -0.2) is 8.42 Å². The summed E-state index contributed by atoms with van der Waals surface area (Å²) in [5.74, 6) is 0.908. The Hall–Kier alpha value is -2.15. The third-order valence-corrected chi connectivity index (χ3v) is 6.54. The minimum atomic E-state index is -3.46. The summed E-state index contributed by atoms with van der Waals surface area (Å²) in [5.41, 5.74) is 0. The van der Waals surface area contributed by atoms with Crippen LogP contribution in [0.5, 0.6) is 0 Å². The van der Waals surface area contributed by atoms with E-state index >= 15 is 0 Å². The highest BCUT2D eigenvalue weighted by Crippen LogP contribution is 2.23. The van der Waals surface area contributed by atoms with Gasteiger partial charge in [0.15, 0.2) is 0 Å². The van der Waals surface area contributed by atoms with E-state index in [4.69, 9.17) is 4.42 Å². The average Bonchev–Trinajstić information content (AvgIpc) is 3.15. The first-order valence-electron chi connectivity index (χ1n) is 8.37. The largest absolute Gasteiger partial charge is 0.468 e. The third kappa shape index (κ3) is 3.33. The molecule has 2 aromatic carbocycles. The number of sulfonamides is 1. The van der Waals surface area contributed by atoms with Crippen molar-refractivity contribution >= 4 is 20.8 Å². The summed E-state index contributed by atoms with van der Waals surface area (Å²) < 4.78 is 32.8. The molecule has 1 saturated heterocycles. The van der Waals surface area contributed by atoms with E-state index in [0.717, 1.165) is 23.1 Å². The zero-order chi connectivity index (χ0) is 17.3. The minimum absolute atomic E-state index is 0.366. The molecule has 1 aliphatic heterocycles. The van der Waals surface area contributed by atoms with E-state index in [1.807, 2.05) is 42.5 Å². The van der Waals surface area contributed by atoms with E-state index < -0.39 is 10.0 Å². The van der Waals surface area contributed by atoms with Crippen molar-refractivity contribution in [2.45, 2.75) is 11.4 Å². The molecule has 0 aliphatic carbocycles. The van der Waals surface area contributed by atoms with E-state index in [-0.39, 0.29) is 0 Å². The molecule has 0 unspecified atom stereocenters. The maximum Gasteiger partial charge on any atom is 0.243 e. The molecule has 6 heteroatoms. The minimum Gasteiger partial charge on any atom is -0.468 e. The Balaban J connectivity index is 1.49. The zero-order valence-electron chi connectivity index (χ0n) is 13.8. The van der Waals surface area contributed by atoms with E-state index in [1.54, 1.807) is 22.7 Å². The summed E-state index contributed by atoms with van der Waals surface area (Å²) >= 11 is 0. The molecule has 0 N–H and O–H groups in total. The fourth-order valence-corrected chi connectivity index (χ4v) is 4.69. The standard InChI is InChI=1S/C19H20N2O3S/c22-25(23,19-8-7-16-4-1-2-5-17(16)14-19)21-11-9-20(10-12-21)15-18-6-3-13-24-18/h1-8,13-14H,9-12,15H2. The van der Waals surface area contributed by atoms with Gasteiger partial charge in [-0.3, -0.25) is 4.90 Å². The number of rotatable bonds is 4. The van der Waals surface area contributed by atoms with Crippen molar-refractivity contribution in [1.82, 2.24) is 9.21 Å². The molecular formula is C19H20N2O3S. The first-order valence-corrected chi connectivity index (χ1v) is 9.81. The molecule has 0 saturated carbocycles. The highest BCUT2D eigenvalue weighted by Gasteiger charge is 2.28. The Morgan fingerprint density at radius 1 is 0.880 bits per heavy atom. The Morgan fingerprint density at radius 2 is 1.64 bits per heavy atom. The number of furan rings is 1. The predicted octanol–water partition coefficient (Wildman–Crippen LogP) is 2.94. The van der Waals surface area contributed by atoms with Crippen molar-refractivity contribution in [2.24, 2.45) is 0 Å². The molecule has 1 aromatic heterocycles. The maximum absolute atomic E-state index is 12.9. The average molecular weight is 356 g/mol. The summed E-state index contributed by atoms with van der Waals surface area (Å²) in [5, 5.41) is 1.99. The van der Waals surface area contributed by atoms with Crippen LogP contribution in [0.25, 0.3) is 10.8 Å². The van der Waals surface area contributed by atoms with Gasteiger partial charge in [0.1, 0.15) is 5.76 Å². The van der Waals surface area contributed by atoms with Crippen molar-refractivity contribution in [3.05, 3.63) is 66.6 Å². The Morgan fingerprint density at radius 3 is 2.36 bits per heavy atom. The summed E-state index contributed by atoms with van der Waals surface area (Å²) in [6.45, 7) is 3.11. The van der Waals surface area contributed by atoms with Crippen LogP contribution in [0.4, 0.5) is 0 Å². The van der Waals surface area contributed by atoms with Gasteiger partial charge in [0, 0.05) is 26.2 Å². The van der Waals surface area contributed by atoms with Crippen molar-refractivity contribution in [1.29, 1.82) is 0 Å². The van der Waals surface area contributed by atoms with Crippen molar-refractivity contribution < 1.29 is 12.8 Å². The van der Waals surface area contributed by atoms with Gasteiger partial charge in [0.05, 0.1) is 17.7 Å². The summed E-state index contributed by atoms with van der Waals surface area (Å²) in [7, 11) is -3.46. The molecule has 4 rings (SSSR count). The van der Waals surface area contributed by atoms with Gasteiger partial charge in [-0.05, 0) is 35.0 Å². The third-order valence-electron chi connectivity index (χ3n) is 4.65. The van der Waals surface area contributed by atoms with E-state index in [2.05, 4.69) is 4.90 Å². The quantitative estimate of drug-likeness (QED) is 0.721. The molecule has 1 fully saturated rings. The van der Waals surface area contributed by atoms with Crippen LogP contribution in [0.3, 0.4) is 0 Å². The lowest BCUT2D eigenvalue weighted by atomic mass is 10.1. The maximum atomic E-state index is 12.9. The molecule has 0 spiro atoms. The number of hydrogen-bond donors (Lipinski definition) is 0. The number of fused-ring (bicyclic) bond motifs is 1. The number of hydrogen-bond acceptors (Lipinski definition) is 4. The van der Waals surface area contributed by atoms with Gasteiger partial charge in [-0.1, -0.05) is 30.3 Å². The highest BCUT2D eigenvalue weighted by atomic mass is 32.2. The lowest BCUT2D eigenvalue weighted by Crippen LogP contribution is -2.48. The zero-order valence-corrected chi connectivity index (χ0v) is 14.7. The number of nitrogens with zero attached hydrogens (tertiary/aromatic N) is 2. The van der Waals surface area contributed by atoms with Crippen LogP contribution in [0.15, 0.2) is 70.2 Å². The van der Waals surface area contributed by atoms with Crippen LogP contribution >= 0.6 is 0 Å². The fraction of sp³-hybridized carbons (Fsp3) is 0.263. The SMILES string of the molecule is O=S(=O)(c1ccc2ccccc2c1)N1CCN(Cc2ccco2)CC1. The lowest BCUT2D eigenvalue weighted by Gasteiger charge is -2.33. The normalized spacial score (nSPS) is 17.1. The molecule has 0 atom stereocenters. The summed E-state index contributed by atoms with van der Waals surface area (Å²) in [4.78, 5) is 2.58. The monoisotopic (exact) mass is 356 g/mol. The van der Waals surface area contributed by atoms with Crippen molar-refractivity contribution in [3.63, 3.8) is 0 Å². The summed E-state index contributed by atoms with van der Waals surface area (Å²) in [6.07, 6.45) is 1.66. The van der Waals surface area contributed by atoms with Gasteiger partial charge in [-0.15, -0.1) is 0 Å². The first-order chi connectivity index (χ1) is 12.1. The van der Waals surface area contributed by atoms with Crippen LogP contribution in [0.1, 0.15) is 5.76 Å². The van der Waals surface area contributed by atoms with Gasteiger partial charge in [0.25, 0.3) is 0 Å². The second-order valence-electron chi connectivity index (χ2n) is 6.27. The van der Waals surface area contributed by atoms with Gasteiger partial charge in [0.2, 0.25) is 10.0 Å². The smallest absolute Gasteiger partial charge is 0.243 e. The molecule has 0 radical (unpaired) electrons. The van der Waals surface area contributed by atoms with Crippen LogP contribution in [-0.4, -0.2) is 43.8 Å². The van der Waals surface area contributed by atoms with Gasteiger partial charge in [-0.2, -0.15) is 4.31 Å². The fourth-order valence-electron chi connectivity index (χ4n) is 3.23. The molecule has 2 heterocycles. The molecule has 130 valence electrons. The van der Waals surface area contributed by atoms with E-state index in [0.29, 0.717) is 31.1 Å². The summed E-state index contributed by atoms with van der Waals surface area (Å²) in [6, 6.07) is 17.0. The molecular weight excluding hydrogens is 336 g/mol. The van der Waals surface area contributed by atoms with E-state index in [9.17, 15) is 8.42 Å². The van der Waals surface area contributed by atoms with Crippen molar-refractivity contribution in [2.75, 3.05) is 26.2 Å². The van der Waals surface area contributed by atoms with Gasteiger partial charge < -0.3 is 4.42 Å². The van der Waals surface area contributed by atoms with Crippen molar-refractivity contribution in [3.8, 4) is 0 Å². The van der Waals surface area contributed by atoms with Crippen LogP contribution in [0, 0.1) is 0 Å². The highest BCUT2D eigenvalue weighted by molar-refractivity contribution is 7.89. The van der Waals surface area contributed by atoms with Gasteiger partial charge >= 0.3 is 0 Å². The molecule has 1 aliphatic rings. The number of benzene rings is 2. The van der Waals surface area contributed by atoms with Crippen LogP contribution < -0.4 is 0 Å². The molecule has 5 nitrogen and oxygen atoms in total. The molecule has 3 aromatic rings.